The van der Waals surface area contributed by atoms with Gasteiger partial charge >= 0.3 is 12.1 Å². The summed E-state index contributed by atoms with van der Waals surface area (Å²) in [5.74, 6) is -3.24. The number of aromatic nitrogens is 2. The maximum Gasteiger partial charge on any atom is 0.451 e. The van der Waals surface area contributed by atoms with Gasteiger partial charge in [0.25, 0.3) is 0 Å². The molecule has 0 N–H and O–H groups in total. The minimum Gasteiger partial charge on any atom is -0.465 e. The Kier molecular flexibility index (Phi) is 7.95. The van der Waals surface area contributed by atoms with Crippen LogP contribution in [0.25, 0.3) is 22.4 Å². The largest absolute Gasteiger partial charge is 0.465 e. The van der Waals surface area contributed by atoms with E-state index in [0.717, 1.165) is 12.1 Å². The van der Waals surface area contributed by atoms with Crippen LogP contribution in [0.4, 0.5) is 17.6 Å². The minimum absolute atomic E-state index is 0.0436. The number of hydrogen-bond acceptors (Lipinski definition) is 7. The predicted molar refractivity (Wildman–Crippen MR) is 134 cm³/mol. The van der Waals surface area contributed by atoms with E-state index in [0.29, 0.717) is 11.1 Å². The first-order valence-corrected chi connectivity index (χ1v) is 12.7. The van der Waals surface area contributed by atoms with Gasteiger partial charge in [-0.1, -0.05) is 36.4 Å². The molecule has 4 rings (SSSR count). The summed E-state index contributed by atoms with van der Waals surface area (Å²) < 4.78 is 88.2. The number of carbonyl (C=O) groups excluding carboxylic acids is 1. The van der Waals surface area contributed by atoms with Crippen LogP contribution in [0.15, 0.2) is 66.7 Å². The maximum atomic E-state index is 13.9. The van der Waals surface area contributed by atoms with Crippen LogP contribution in [-0.4, -0.2) is 31.5 Å². The first-order valence-electron chi connectivity index (χ1n) is 11.3. The van der Waals surface area contributed by atoms with E-state index in [9.17, 15) is 30.8 Å². The fourth-order valence-corrected chi connectivity index (χ4v) is 4.27. The molecule has 1 heterocycles. The van der Waals surface area contributed by atoms with E-state index >= 15 is 0 Å². The van der Waals surface area contributed by atoms with Crippen molar-refractivity contribution in [3.05, 3.63) is 95.1 Å². The van der Waals surface area contributed by atoms with Crippen LogP contribution in [0, 0.1) is 12.7 Å². The average molecular weight is 561 g/mol. The highest BCUT2D eigenvalue weighted by Crippen LogP contribution is 2.42. The Bertz CT molecular complexity index is 1590. The standard InChI is InChI=1S/C27H20F4N2O5S/c1-15-13-19(25(34)37-2)9-12-21(15)38-24-22(17-7-10-20(28)11-8-17)23(32-26(33-24)27(29,30)31)18-5-3-16(4-6-18)14-39(35)36/h3-13,39H,14H2,1-2H3. The molecule has 3 aromatic carbocycles. The summed E-state index contributed by atoms with van der Waals surface area (Å²) in [5.41, 5.74) is 1.41. The van der Waals surface area contributed by atoms with Gasteiger partial charge in [0.05, 0.1) is 29.7 Å². The summed E-state index contributed by atoms with van der Waals surface area (Å²) in [4.78, 5) is 19.3. The van der Waals surface area contributed by atoms with Crippen molar-refractivity contribution in [2.75, 3.05) is 7.11 Å². The van der Waals surface area contributed by atoms with Crippen molar-refractivity contribution in [2.45, 2.75) is 18.9 Å². The van der Waals surface area contributed by atoms with E-state index in [1.807, 2.05) is 0 Å². The van der Waals surface area contributed by atoms with Crippen molar-refractivity contribution < 1.29 is 40.2 Å². The number of rotatable bonds is 7. The van der Waals surface area contributed by atoms with Gasteiger partial charge in [0.2, 0.25) is 11.7 Å². The maximum absolute atomic E-state index is 13.9. The summed E-state index contributed by atoms with van der Waals surface area (Å²) >= 11 is 0. The molecule has 0 bridgehead atoms. The van der Waals surface area contributed by atoms with E-state index in [1.165, 1.54) is 61.7 Å². The van der Waals surface area contributed by atoms with Crippen LogP contribution < -0.4 is 4.74 Å². The second-order valence-electron chi connectivity index (χ2n) is 8.34. The van der Waals surface area contributed by atoms with Crippen LogP contribution in [-0.2, 0) is 27.4 Å². The lowest BCUT2D eigenvalue weighted by Gasteiger charge is -2.18. The first kappa shape index (κ1) is 27.7. The van der Waals surface area contributed by atoms with Crippen LogP contribution >= 0.6 is 0 Å². The summed E-state index contributed by atoms with van der Waals surface area (Å²) in [6.45, 7) is 1.59. The lowest BCUT2D eigenvalue weighted by Crippen LogP contribution is -2.13. The average Bonchev–Trinajstić information content (AvgIpc) is 2.89. The molecule has 0 aliphatic heterocycles. The van der Waals surface area contributed by atoms with Gasteiger partial charge in [-0.05, 0) is 53.9 Å². The van der Waals surface area contributed by atoms with Crippen molar-refractivity contribution in [3.8, 4) is 34.0 Å². The Labute approximate surface area is 222 Å². The molecule has 4 aromatic rings. The molecule has 0 amide bonds. The molecule has 7 nitrogen and oxygen atoms in total. The van der Waals surface area contributed by atoms with E-state index < -0.39 is 40.4 Å². The number of ether oxygens (including phenoxy) is 2. The number of thiol groups is 1. The van der Waals surface area contributed by atoms with Crippen molar-refractivity contribution in [1.82, 2.24) is 9.97 Å². The van der Waals surface area contributed by atoms with Crippen LogP contribution in [0.3, 0.4) is 0 Å². The highest BCUT2D eigenvalue weighted by Gasteiger charge is 2.37. The molecule has 0 atom stereocenters. The molecule has 0 saturated heterocycles. The lowest BCUT2D eigenvalue weighted by atomic mass is 9.99. The van der Waals surface area contributed by atoms with E-state index in [2.05, 4.69) is 9.97 Å². The normalized spacial score (nSPS) is 11.5. The quantitative estimate of drug-likeness (QED) is 0.169. The van der Waals surface area contributed by atoms with Crippen molar-refractivity contribution in [1.29, 1.82) is 0 Å². The van der Waals surface area contributed by atoms with Crippen molar-refractivity contribution in [2.24, 2.45) is 0 Å². The number of nitrogens with zero attached hydrogens (tertiary/aromatic N) is 2. The second-order valence-corrected chi connectivity index (χ2v) is 9.32. The highest BCUT2D eigenvalue weighted by molar-refractivity contribution is 7.71. The molecular weight excluding hydrogens is 540 g/mol. The topological polar surface area (TPSA) is 95.4 Å². The summed E-state index contributed by atoms with van der Waals surface area (Å²) in [7, 11) is -1.50. The molecule has 39 heavy (non-hydrogen) atoms. The number of hydrogen-bond donors (Lipinski definition) is 1. The van der Waals surface area contributed by atoms with Gasteiger partial charge in [-0.2, -0.15) is 18.2 Å². The summed E-state index contributed by atoms with van der Waals surface area (Å²) in [6.07, 6.45) is -4.95. The van der Waals surface area contributed by atoms with Gasteiger partial charge in [-0.3, -0.25) is 0 Å². The molecule has 0 aliphatic carbocycles. The molecule has 0 fully saturated rings. The molecule has 0 unspecified atom stereocenters. The monoisotopic (exact) mass is 560 g/mol. The number of halogens is 4. The van der Waals surface area contributed by atoms with Crippen LogP contribution in [0.1, 0.15) is 27.3 Å². The third-order valence-corrected chi connectivity index (χ3v) is 6.23. The lowest BCUT2D eigenvalue weighted by molar-refractivity contribution is -0.145. The van der Waals surface area contributed by atoms with E-state index in [-0.39, 0.29) is 39.5 Å². The molecule has 0 aliphatic rings. The Hall–Kier alpha value is -4.32. The highest BCUT2D eigenvalue weighted by atomic mass is 32.2. The molecule has 0 spiro atoms. The fourth-order valence-electron chi connectivity index (χ4n) is 3.76. The van der Waals surface area contributed by atoms with Crippen molar-refractivity contribution >= 4 is 16.7 Å². The van der Waals surface area contributed by atoms with Gasteiger partial charge in [0.1, 0.15) is 22.3 Å². The van der Waals surface area contributed by atoms with Gasteiger partial charge in [-0.25, -0.2) is 22.6 Å². The van der Waals surface area contributed by atoms with Gasteiger partial charge in [0, 0.05) is 5.56 Å². The third-order valence-electron chi connectivity index (χ3n) is 5.60. The summed E-state index contributed by atoms with van der Waals surface area (Å²) in [5, 5.41) is 0. The van der Waals surface area contributed by atoms with Gasteiger partial charge in [-0.15, -0.1) is 0 Å². The molecular formula is C27H20F4N2O5S. The number of carbonyl (C=O) groups is 1. The van der Waals surface area contributed by atoms with Gasteiger partial charge in [0.15, 0.2) is 0 Å². The van der Waals surface area contributed by atoms with Gasteiger partial charge < -0.3 is 9.47 Å². The summed E-state index contributed by atoms with van der Waals surface area (Å²) in [6, 6.07) is 15.0. The number of esters is 1. The van der Waals surface area contributed by atoms with Crippen LogP contribution in [0.5, 0.6) is 11.6 Å². The van der Waals surface area contributed by atoms with E-state index in [4.69, 9.17) is 9.47 Å². The zero-order valence-electron chi connectivity index (χ0n) is 20.5. The third kappa shape index (κ3) is 6.40. The Balaban J connectivity index is 1.95. The number of methoxy groups -OCH3 is 1. The van der Waals surface area contributed by atoms with Crippen molar-refractivity contribution in [3.63, 3.8) is 0 Å². The number of benzene rings is 3. The molecule has 0 radical (unpaired) electrons. The first-order chi connectivity index (χ1) is 18.5. The Morgan fingerprint density at radius 2 is 1.56 bits per heavy atom. The zero-order chi connectivity index (χ0) is 28.3. The molecule has 202 valence electrons. The predicted octanol–water partition coefficient (Wildman–Crippen LogP) is 5.97. The molecule has 0 saturated carbocycles. The SMILES string of the molecule is COC(=O)c1ccc(Oc2nc(C(F)(F)F)nc(-c3ccc(C[SH](=O)=O)cc3)c2-c2ccc(F)cc2)c(C)c1. The second kappa shape index (κ2) is 11.2. The fraction of sp³-hybridized carbons (Fsp3) is 0.148. The number of aryl methyl sites for hydroxylation is 1. The van der Waals surface area contributed by atoms with Crippen LogP contribution in [0.2, 0.25) is 0 Å². The smallest absolute Gasteiger partial charge is 0.451 e. The zero-order valence-corrected chi connectivity index (χ0v) is 21.3. The number of alkyl halides is 3. The minimum atomic E-state index is -4.95. The Morgan fingerprint density at radius 3 is 2.13 bits per heavy atom. The molecule has 1 aromatic heterocycles. The molecule has 12 heteroatoms. The Morgan fingerprint density at radius 1 is 0.923 bits per heavy atom. The van der Waals surface area contributed by atoms with E-state index in [1.54, 1.807) is 6.92 Å².